The Kier molecular flexibility index (Phi) is 4.18. The second-order valence-electron chi connectivity index (χ2n) is 5.23. The largest absolute Gasteiger partial charge is 0.306 e. The zero-order chi connectivity index (χ0) is 14.0. The SMILES string of the molecule is CC(C)(C)NCc1nnc(-c2cc(Cl)ccc2F)s1. The van der Waals surface area contributed by atoms with E-state index in [2.05, 4.69) is 36.3 Å². The second-order valence-corrected chi connectivity index (χ2v) is 6.73. The summed E-state index contributed by atoms with van der Waals surface area (Å²) >= 11 is 7.24. The van der Waals surface area contributed by atoms with Crippen LogP contribution in [0.4, 0.5) is 4.39 Å². The summed E-state index contributed by atoms with van der Waals surface area (Å²) in [4.78, 5) is 0. The van der Waals surface area contributed by atoms with Gasteiger partial charge in [0, 0.05) is 16.1 Å². The van der Waals surface area contributed by atoms with Gasteiger partial charge in [-0.3, -0.25) is 0 Å². The Hall–Kier alpha value is -1.04. The Morgan fingerprint density at radius 1 is 1.32 bits per heavy atom. The first-order valence-electron chi connectivity index (χ1n) is 5.88. The van der Waals surface area contributed by atoms with Crippen molar-refractivity contribution < 1.29 is 4.39 Å². The first kappa shape index (κ1) is 14.4. The number of nitrogens with zero attached hydrogens (tertiary/aromatic N) is 2. The van der Waals surface area contributed by atoms with Crippen molar-refractivity contribution in [3.05, 3.63) is 34.0 Å². The average molecular weight is 300 g/mol. The fraction of sp³-hybridized carbons (Fsp3) is 0.385. The van der Waals surface area contributed by atoms with Crippen LogP contribution in [0.2, 0.25) is 5.02 Å². The number of rotatable bonds is 3. The Labute approximate surface area is 120 Å². The van der Waals surface area contributed by atoms with Gasteiger partial charge in [-0.25, -0.2) is 4.39 Å². The molecule has 0 fully saturated rings. The third-order valence-corrected chi connectivity index (χ3v) is 3.59. The fourth-order valence-corrected chi connectivity index (χ4v) is 2.41. The molecule has 0 aliphatic carbocycles. The van der Waals surface area contributed by atoms with Gasteiger partial charge >= 0.3 is 0 Å². The molecule has 0 radical (unpaired) electrons. The maximum Gasteiger partial charge on any atom is 0.150 e. The second kappa shape index (κ2) is 5.53. The maximum atomic E-state index is 13.7. The predicted octanol–water partition coefficient (Wildman–Crippen LogP) is 3.89. The van der Waals surface area contributed by atoms with Crippen LogP contribution in [0.3, 0.4) is 0 Å². The van der Waals surface area contributed by atoms with E-state index in [-0.39, 0.29) is 11.4 Å². The predicted molar refractivity (Wildman–Crippen MR) is 76.9 cm³/mol. The third-order valence-electron chi connectivity index (χ3n) is 2.40. The van der Waals surface area contributed by atoms with Crippen molar-refractivity contribution in [2.24, 2.45) is 0 Å². The van der Waals surface area contributed by atoms with Gasteiger partial charge in [-0.05, 0) is 39.0 Å². The van der Waals surface area contributed by atoms with Gasteiger partial charge < -0.3 is 5.32 Å². The lowest BCUT2D eigenvalue weighted by molar-refractivity contribution is 0.423. The molecule has 0 aliphatic heterocycles. The third kappa shape index (κ3) is 3.96. The molecule has 19 heavy (non-hydrogen) atoms. The number of hydrogen-bond donors (Lipinski definition) is 1. The van der Waals surface area contributed by atoms with Crippen LogP contribution < -0.4 is 5.32 Å². The Morgan fingerprint density at radius 3 is 2.74 bits per heavy atom. The summed E-state index contributed by atoms with van der Waals surface area (Å²) in [6.07, 6.45) is 0. The van der Waals surface area contributed by atoms with E-state index in [4.69, 9.17) is 11.6 Å². The lowest BCUT2D eigenvalue weighted by Crippen LogP contribution is -2.35. The molecule has 3 nitrogen and oxygen atoms in total. The maximum absolute atomic E-state index is 13.7. The van der Waals surface area contributed by atoms with Gasteiger partial charge in [-0.1, -0.05) is 22.9 Å². The summed E-state index contributed by atoms with van der Waals surface area (Å²) in [6, 6.07) is 4.42. The van der Waals surface area contributed by atoms with E-state index in [1.165, 1.54) is 23.5 Å². The van der Waals surface area contributed by atoms with Crippen LogP contribution >= 0.6 is 22.9 Å². The van der Waals surface area contributed by atoms with Gasteiger partial charge in [0.1, 0.15) is 10.8 Å². The minimum absolute atomic E-state index is 0.00708. The highest BCUT2D eigenvalue weighted by atomic mass is 35.5. The van der Waals surface area contributed by atoms with Crippen LogP contribution in [0.5, 0.6) is 0 Å². The van der Waals surface area contributed by atoms with E-state index in [0.29, 0.717) is 22.1 Å². The van der Waals surface area contributed by atoms with Gasteiger partial charge in [0.05, 0.1) is 6.54 Å². The minimum atomic E-state index is -0.337. The van der Waals surface area contributed by atoms with Gasteiger partial charge in [-0.15, -0.1) is 10.2 Å². The molecule has 0 aliphatic rings. The summed E-state index contributed by atoms with van der Waals surface area (Å²) in [5.74, 6) is -0.337. The zero-order valence-corrected chi connectivity index (χ0v) is 12.6. The lowest BCUT2D eigenvalue weighted by atomic mass is 10.1. The van der Waals surface area contributed by atoms with Gasteiger partial charge in [-0.2, -0.15) is 0 Å². The smallest absolute Gasteiger partial charge is 0.150 e. The summed E-state index contributed by atoms with van der Waals surface area (Å²) in [6.45, 7) is 6.84. The first-order valence-corrected chi connectivity index (χ1v) is 7.07. The molecule has 0 atom stereocenters. The van der Waals surface area contributed by atoms with E-state index in [1.807, 2.05) is 0 Å². The van der Waals surface area contributed by atoms with Crippen molar-refractivity contribution >= 4 is 22.9 Å². The summed E-state index contributed by atoms with van der Waals surface area (Å²) in [7, 11) is 0. The topological polar surface area (TPSA) is 37.8 Å². The van der Waals surface area contributed by atoms with Gasteiger partial charge in [0.25, 0.3) is 0 Å². The lowest BCUT2D eigenvalue weighted by Gasteiger charge is -2.19. The normalized spacial score (nSPS) is 11.8. The van der Waals surface area contributed by atoms with Crippen LogP contribution in [-0.2, 0) is 6.54 Å². The van der Waals surface area contributed by atoms with Crippen LogP contribution in [0.1, 0.15) is 25.8 Å². The Morgan fingerprint density at radius 2 is 2.05 bits per heavy atom. The monoisotopic (exact) mass is 299 g/mol. The van der Waals surface area contributed by atoms with E-state index in [0.717, 1.165) is 5.01 Å². The number of halogens is 2. The van der Waals surface area contributed by atoms with Gasteiger partial charge in [0.2, 0.25) is 0 Å². The number of hydrogen-bond acceptors (Lipinski definition) is 4. The summed E-state index contributed by atoms with van der Waals surface area (Å²) in [5, 5.41) is 13.3. The highest BCUT2D eigenvalue weighted by Gasteiger charge is 2.14. The highest BCUT2D eigenvalue weighted by Crippen LogP contribution is 2.28. The van der Waals surface area contributed by atoms with E-state index in [1.54, 1.807) is 6.07 Å². The first-order chi connectivity index (χ1) is 8.85. The molecule has 1 heterocycles. The van der Waals surface area contributed by atoms with Crippen LogP contribution in [0, 0.1) is 5.82 Å². The van der Waals surface area contributed by atoms with Crippen LogP contribution in [0.25, 0.3) is 10.6 Å². The molecule has 102 valence electrons. The standard InChI is InChI=1S/C13H15ClFN3S/c1-13(2,3)16-7-11-17-18-12(19-11)9-6-8(14)4-5-10(9)15/h4-6,16H,7H2,1-3H3. The number of nitrogens with one attached hydrogen (secondary N) is 1. The quantitative estimate of drug-likeness (QED) is 0.934. The molecule has 0 saturated carbocycles. The minimum Gasteiger partial charge on any atom is -0.306 e. The molecule has 2 rings (SSSR count). The number of benzene rings is 1. The molecule has 0 saturated heterocycles. The van der Waals surface area contributed by atoms with Gasteiger partial charge in [0.15, 0.2) is 5.01 Å². The summed E-state index contributed by atoms with van der Waals surface area (Å²) < 4.78 is 13.7. The molecule has 0 amide bonds. The molecular weight excluding hydrogens is 285 g/mol. The molecule has 1 N–H and O–H groups in total. The molecule has 0 spiro atoms. The summed E-state index contributed by atoms with van der Waals surface area (Å²) in [5.41, 5.74) is 0.402. The molecule has 6 heteroatoms. The van der Waals surface area contributed by atoms with Crippen LogP contribution in [-0.4, -0.2) is 15.7 Å². The molecule has 0 bridgehead atoms. The average Bonchev–Trinajstić information content (AvgIpc) is 2.77. The Bertz CT molecular complexity index is 578. The van der Waals surface area contributed by atoms with E-state index < -0.39 is 0 Å². The fourth-order valence-electron chi connectivity index (χ4n) is 1.44. The van der Waals surface area contributed by atoms with Crippen molar-refractivity contribution in [3.8, 4) is 10.6 Å². The van der Waals surface area contributed by atoms with Crippen molar-refractivity contribution in [2.75, 3.05) is 0 Å². The van der Waals surface area contributed by atoms with Crippen molar-refractivity contribution in [2.45, 2.75) is 32.9 Å². The zero-order valence-electron chi connectivity index (χ0n) is 11.0. The molecule has 1 aromatic heterocycles. The molecule has 2 aromatic rings. The van der Waals surface area contributed by atoms with Crippen LogP contribution in [0.15, 0.2) is 18.2 Å². The molecule has 1 aromatic carbocycles. The number of aromatic nitrogens is 2. The van der Waals surface area contributed by atoms with Crippen molar-refractivity contribution in [1.29, 1.82) is 0 Å². The molecular formula is C13H15ClFN3S. The Balaban J connectivity index is 2.19. The highest BCUT2D eigenvalue weighted by molar-refractivity contribution is 7.14. The van der Waals surface area contributed by atoms with Crippen molar-refractivity contribution in [3.63, 3.8) is 0 Å². The van der Waals surface area contributed by atoms with Crippen molar-refractivity contribution in [1.82, 2.24) is 15.5 Å². The van der Waals surface area contributed by atoms with E-state index in [9.17, 15) is 4.39 Å². The molecule has 0 unspecified atom stereocenters. The van der Waals surface area contributed by atoms with E-state index >= 15 is 0 Å².